The predicted molar refractivity (Wildman–Crippen MR) is 87.1 cm³/mol. The van der Waals surface area contributed by atoms with Crippen molar-refractivity contribution in [2.24, 2.45) is 5.73 Å². The Morgan fingerprint density at radius 1 is 1.12 bits per heavy atom. The van der Waals surface area contributed by atoms with E-state index in [1.807, 2.05) is 0 Å². The van der Waals surface area contributed by atoms with Gasteiger partial charge in [0.25, 0.3) is 5.91 Å². The van der Waals surface area contributed by atoms with Crippen LogP contribution in [0.4, 0.5) is 13.2 Å². The van der Waals surface area contributed by atoms with Crippen LogP contribution in [0.1, 0.15) is 22.5 Å². The van der Waals surface area contributed by atoms with Crippen LogP contribution in [0.25, 0.3) is 10.4 Å². The molecule has 0 fully saturated rings. The number of hydrogen-bond donors (Lipinski definition) is 2. The minimum absolute atomic E-state index is 0.166. The highest BCUT2D eigenvalue weighted by molar-refractivity contribution is 7.17. The number of amides is 1. The Morgan fingerprint density at radius 3 is 2.46 bits per heavy atom. The Hall–Kier alpha value is -2.06. The lowest BCUT2D eigenvalue weighted by Crippen LogP contribution is -2.23. The number of nitrogens with two attached hydrogens (primary N) is 1. The number of carbonyl (C=O) groups is 1. The molecule has 3 N–H and O–H groups in total. The maximum atomic E-state index is 12.1. The molecule has 1 aromatic carbocycles. The Balaban J connectivity index is 1.98. The summed E-state index contributed by atoms with van der Waals surface area (Å²) in [6.45, 7) is 1.15. The number of unbranched alkanes of at least 4 members (excludes halogenated alkanes) is 1. The second kappa shape index (κ2) is 8.16. The van der Waals surface area contributed by atoms with Crippen molar-refractivity contribution in [3.63, 3.8) is 0 Å². The summed E-state index contributed by atoms with van der Waals surface area (Å²) >= 11 is 1.28. The molecule has 0 bridgehead atoms. The minimum Gasteiger partial charge on any atom is -0.406 e. The number of rotatable bonds is 7. The lowest BCUT2D eigenvalue weighted by Gasteiger charge is -2.08. The first-order valence-corrected chi connectivity index (χ1v) is 8.15. The monoisotopic (exact) mass is 358 g/mol. The van der Waals surface area contributed by atoms with Gasteiger partial charge in [-0.15, -0.1) is 24.5 Å². The molecule has 1 amide bonds. The first-order chi connectivity index (χ1) is 11.4. The summed E-state index contributed by atoms with van der Waals surface area (Å²) in [7, 11) is 0. The molecule has 2 rings (SSSR count). The summed E-state index contributed by atoms with van der Waals surface area (Å²) in [6.07, 6.45) is -3.04. The molecular weight excluding hydrogens is 341 g/mol. The SMILES string of the molecule is NCCCCNC(=O)c1ccc(-c2ccc(OC(F)(F)F)cc2)s1. The number of hydrogen-bond acceptors (Lipinski definition) is 4. The highest BCUT2D eigenvalue weighted by Crippen LogP contribution is 2.30. The topological polar surface area (TPSA) is 64.3 Å². The molecule has 0 aliphatic heterocycles. The Kier molecular flexibility index (Phi) is 6.22. The number of thiophene rings is 1. The zero-order valence-electron chi connectivity index (χ0n) is 12.7. The molecule has 0 aliphatic carbocycles. The minimum atomic E-state index is -4.71. The zero-order valence-corrected chi connectivity index (χ0v) is 13.5. The van der Waals surface area contributed by atoms with E-state index >= 15 is 0 Å². The number of halogens is 3. The van der Waals surface area contributed by atoms with E-state index in [1.165, 1.54) is 35.6 Å². The molecule has 130 valence electrons. The first kappa shape index (κ1) is 18.3. The average Bonchev–Trinajstić information content (AvgIpc) is 3.00. The molecular formula is C16H17F3N2O2S. The van der Waals surface area contributed by atoms with Crippen LogP contribution >= 0.6 is 11.3 Å². The molecule has 0 aliphatic rings. The van der Waals surface area contributed by atoms with Gasteiger partial charge in [-0.25, -0.2) is 0 Å². The maximum absolute atomic E-state index is 12.1. The summed E-state index contributed by atoms with van der Waals surface area (Å²) in [5, 5.41) is 2.80. The highest BCUT2D eigenvalue weighted by Gasteiger charge is 2.30. The van der Waals surface area contributed by atoms with Gasteiger partial charge in [-0.3, -0.25) is 4.79 Å². The van der Waals surface area contributed by atoms with E-state index in [2.05, 4.69) is 10.1 Å². The molecule has 1 aromatic heterocycles. The van der Waals surface area contributed by atoms with Crippen LogP contribution in [0.15, 0.2) is 36.4 Å². The predicted octanol–water partition coefficient (Wildman–Crippen LogP) is 3.78. The number of carbonyl (C=O) groups excluding carboxylic acids is 1. The third kappa shape index (κ3) is 5.54. The molecule has 1 heterocycles. The van der Waals surface area contributed by atoms with Gasteiger partial charge in [-0.05, 0) is 61.3 Å². The fraction of sp³-hybridized carbons (Fsp3) is 0.312. The Morgan fingerprint density at radius 2 is 1.83 bits per heavy atom. The number of benzene rings is 1. The van der Waals surface area contributed by atoms with Crippen molar-refractivity contribution in [1.82, 2.24) is 5.32 Å². The standard InChI is InChI=1S/C16H17F3N2O2S/c17-16(18,19)23-12-5-3-11(4-6-12)13-7-8-14(24-13)15(22)21-10-2-1-9-20/h3-8H,1-2,9-10,20H2,(H,21,22). The summed E-state index contributed by atoms with van der Waals surface area (Å²) in [4.78, 5) is 13.3. The summed E-state index contributed by atoms with van der Waals surface area (Å²) in [5.74, 6) is -0.444. The van der Waals surface area contributed by atoms with Crippen LogP contribution < -0.4 is 15.8 Å². The number of alkyl halides is 3. The molecule has 2 aromatic rings. The van der Waals surface area contributed by atoms with Crippen LogP contribution in [0.5, 0.6) is 5.75 Å². The smallest absolute Gasteiger partial charge is 0.406 e. The normalized spacial score (nSPS) is 11.3. The van der Waals surface area contributed by atoms with Crippen LogP contribution in [0, 0.1) is 0 Å². The molecule has 0 atom stereocenters. The molecule has 0 saturated heterocycles. The molecule has 0 saturated carbocycles. The zero-order chi connectivity index (χ0) is 17.6. The van der Waals surface area contributed by atoms with Gasteiger partial charge >= 0.3 is 6.36 Å². The van der Waals surface area contributed by atoms with Crippen molar-refractivity contribution < 1.29 is 22.7 Å². The van der Waals surface area contributed by atoms with E-state index in [1.54, 1.807) is 12.1 Å². The van der Waals surface area contributed by atoms with E-state index in [-0.39, 0.29) is 11.7 Å². The molecule has 0 spiro atoms. The maximum Gasteiger partial charge on any atom is 0.573 e. The van der Waals surface area contributed by atoms with E-state index in [9.17, 15) is 18.0 Å². The largest absolute Gasteiger partial charge is 0.573 e. The second-order valence-electron chi connectivity index (χ2n) is 4.99. The second-order valence-corrected chi connectivity index (χ2v) is 6.07. The van der Waals surface area contributed by atoms with Crippen molar-refractivity contribution in [2.75, 3.05) is 13.1 Å². The van der Waals surface area contributed by atoms with E-state index < -0.39 is 6.36 Å². The molecule has 8 heteroatoms. The fourth-order valence-corrected chi connectivity index (χ4v) is 2.92. The van der Waals surface area contributed by atoms with Gasteiger partial charge in [0.15, 0.2) is 0 Å². The van der Waals surface area contributed by atoms with Gasteiger partial charge in [0.1, 0.15) is 5.75 Å². The van der Waals surface area contributed by atoms with Crippen LogP contribution in [-0.2, 0) is 0 Å². The van der Waals surface area contributed by atoms with Crippen LogP contribution in [0.2, 0.25) is 0 Å². The van der Waals surface area contributed by atoms with Crippen molar-refractivity contribution in [3.8, 4) is 16.2 Å². The van der Waals surface area contributed by atoms with Crippen molar-refractivity contribution in [1.29, 1.82) is 0 Å². The molecule has 4 nitrogen and oxygen atoms in total. The van der Waals surface area contributed by atoms with Crippen LogP contribution in [0.3, 0.4) is 0 Å². The fourth-order valence-electron chi connectivity index (χ4n) is 1.99. The first-order valence-electron chi connectivity index (χ1n) is 7.33. The lowest BCUT2D eigenvalue weighted by molar-refractivity contribution is -0.274. The average molecular weight is 358 g/mol. The van der Waals surface area contributed by atoms with Crippen LogP contribution in [-0.4, -0.2) is 25.4 Å². The van der Waals surface area contributed by atoms with Crippen molar-refractivity contribution in [3.05, 3.63) is 41.3 Å². The molecule has 24 heavy (non-hydrogen) atoms. The van der Waals surface area contributed by atoms with Gasteiger partial charge in [0.2, 0.25) is 0 Å². The van der Waals surface area contributed by atoms with E-state index in [0.29, 0.717) is 18.0 Å². The van der Waals surface area contributed by atoms with E-state index in [4.69, 9.17) is 5.73 Å². The third-order valence-electron chi connectivity index (χ3n) is 3.12. The van der Waals surface area contributed by atoms with Crippen molar-refractivity contribution in [2.45, 2.75) is 19.2 Å². The number of ether oxygens (including phenoxy) is 1. The molecule has 0 unspecified atom stereocenters. The van der Waals surface area contributed by atoms with Gasteiger partial charge in [0, 0.05) is 11.4 Å². The van der Waals surface area contributed by atoms with Gasteiger partial charge in [-0.1, -0.05) is 0 Å². The molecule has 0 radical (unpaired) electrons. The lowest BCUT2D eigenvalue weighted by atomic mass is 10.2. The van der Waals surface area contributed by atoms with Gasteiger partial charge in [-0.2, -0.15) is 0 Å². The quantitative estimate of drug-likeness (QED) is 0.741. The number of nitrogens with one attached hydrogen (secondary N) is 1. The van der Waals surface area contributed by atoms with Gasteiger partial charge < -0.3 is 15.8 Å². The van der Waals surface area contributed by atoms with E-state index in [0.717, 1.165) is 23.3 Å². The summed E-state index contributed by atoms with van der Waals surface area (Å²) < 4.78 is 40.2. The Labute approximate surface area is 141 Å². The van der Waals surface area contributed by atoms with Gasteiger partial charge in [0.05, 0.1) is 4.88 Å². The summed E-state index contributed by atoms with van der Waals surface area (Å²) in [6, 6.07) is 8.99. The third-order valence-corrected chi connectivity index (χ3v) is 4.25. The van der Waals surface area contributed by atoms with Crippen molar-refractivity contribution >= 4 is 17.2 Å². The summed E-state index contributed by atoms with van der Waals surface area (Å²) in [5.41, 5.74) is 6.11. The highest BCUT2D eigenvalue weighted by atomic mass is 32.1. The Bertz CT molecular complexity index is 669.